The number of hydrogen-bond acceptors (Lipinski definition) is 5. The molecule has 0 radical (unpaired) electrons. The van der Waals surface area contributed by atoms with E-state index < -0.39 is 17.5 Å². The summed E-state index contributed by atoms with van der Waals surface area (Å²) < 4.78 is 9.84. The van der Waals surface area contributed by atoms with Gasteiger partial charge in [-0.25, -0.2) is 9.59 Å². The van der Waals surface area contributed by atoms with Gasteiger partial charge in [0.2, 0.25) is 0 Å². The van der Waals surface area contributed by atoms with E-state index in [4.69, 9.17) is 4.42 Å². The Labute approximate surface area is 143 Å². The van der Waals surface area contributed by atoms with Crippen LogP contribution in [-0.4, -0.2) is 19.0 Å². The number of hydrogen-bond donors (Lipinski definition) is 1. The van der Waals surface area contributed by atoms with E-state index in [0.29, 0.717) is 22.2 Å². The van der Waals surface area contributed by atoms with Gasteiger partial charge in [-0.2, -0.15) is 0 Å². The van der Waals surface area contributed by atoms with E-state index in [-0.39, 0.29) is 5.56 Å². The fourth-order valence-electron chi connectivity index (χ4n) is 2.41. The van der Waals surface area contributed by atoms with Gasteiger partial charge >= 0.3 is 11.6 Å². The minimum Gasteiger partial charge on any atom is -0.465 e. The van der Waals surface area contributed by atoms with E-state index in [2.05, 4.69) is 10.1 Å². The molecule has 0 spiro atoms. The molecule has 0 aliphatic rings. The minimum absolute atomic E-state index is 0.110. The van der Waals surface area contributed by atoms with E-state index in [9.17, 15) is 14.4 Å². The van der Waals surface area contributed by atoms with Gasteiger partial charge in [0.25, 0.3) is 5.91 Å². The zero-order valence-electron chi connectivity index (χ0n) is 13.7. The molecule has 6 nitrogen and oxygen atoms in total. The Bertz CT molecular complexity index is 1040. The molecular weight excluding hydrogens is 322 g/mol. The second kappa shape index (κ2) is 6.60. The van der Waals surface area contributed by atoms with Crippen molar-refractivity contribution in [2.75, 3.05) is 12.4 Å². The largest absolute Gasteiger partial charge is 0.465 e. The number of fused-ring (bicyclic) bond motifs is 1. The summed E-state index contributed by atoms with van der Waals surface area (Å²) in [6.45, 7) is 1.78. The van der Waals surface area contributed by atoms with Crippen LogP contribution in [0.2, 0.25) is 0 Å². The Kier molecular flexibility index (Phi) is 4.35. The molecule has 1 amide bonds. The third-order valence-electron chi connectivity index (χ3n) is 3.79. The Balaban J connectivity index is 1.96. The number of carbonyl (C=O) groups is 2. The molecule has 6 heteroatoms. The summed E-state index contributed by atoms with van der Waals surface area (Å²) in [6, 6.07) is 13.2. The number of amides is 1. The number of rotatable bonds is 3. The van der Waals surface area contributed by atoms with Crippen molar-refractivity contribution in [2.24, 2.45) is 0 Å². The molecule has 25 heavy (non-hydrogen) atoms. The third kappa shape index (κ3) is 3.28. The summed E-state index contributed by atoms with van der Waals surface area (Å²) >= 11 is 0. The predicted molar refractivity (Wildman–Crippen MR) is 93.0 cm³/mol. The van der Waals surface area contributed by atoms with E-state index in [1.807, 2.05) is 0 Å². The summed E-state index contributed by atoms with van der Waals surface area (Å²) in [4.78, 5) is 36.2. The highest BCUT2D eigenvalue weighted by Crippen LogP contribution is 2.19. The number of esters is 1. The van der Waals surface area contributed by atoms with Crippen molar-refractivity contribution >= 4 is 28.5 Å². The Hall–Kier alpha value is -3.41. The molecule has 1 heterocycles. The number of carbonyl (C=O) groups excluding carboxylic acids is 2. The van der Waals surface area contributed by atoms with Crippen LogP contribution in [0.1, 0.15) is 26.3 Å². The first-order chi connectivity index (χ1) is 12.0. The predicted octanol–water partition coefficient (Wildman–Crippen LogP) is 3.14. The van der Waals surface area contributed by atoms with Gasteiger partial charge in [0, 0.05) is 11.1 Å². The molecule has 0 saturated carbocycles. The maximum atomic E-state index is 12.5. The van der Waals surface area contributed by atoms with Gasteiger partial charge < -0.3 is 14.5 Å². The zero-order valence-corrected chi connectivity index (χ0v) is 13.7. The first-order valence-electron chi connectivity index (χ1n) is 7.53. The monoisotopic (exact) mass is 337 g/mol. The molecule has 0 saturated heterocycles. The second-order valence-corrected chi connectivity index (χ2v) is 5.46. The van der Waals surface area contributed by atoms with Crippen LogP contribution >= 0.6 is 0 Å². The number of ether oxygens (including phenoxy) is 1. The summed E-state index contributed by atoms with van der Waals surface area (Å²) in [7, 11) is 1.28. The van der Waals surface area contributed by atoms with Crippen LogP contribution in [0, 0.1) is 6.92 Å². The molecule has 0 aliphatic carbocycles. The zero-order chi connectivity index (χ0) is 18.0. The summed E-state index contributed by atoms with van der Waals surface area (Å²) in [5, 5.41) is 3.29. The second-order valence-electron chi connectivity index (χ2n) is 5.46. The average Bonchev–Trinajstić information content (AvgIpc) is 2.62. The van der Waals surface area contributed by atoms with Crippen LogP contribution in [0.3, 0.4) is 0 Å². The average molecular weight is 337 g/mol. The van der Waals surface area contributed by atoms with Crippen LogP contribution in [0.15, 0.2) is 57.7 Å². The lowest BCUT2D eigenvalue weighted by molar-refractivity contribution is 0.0600. The number of anilines is 1. The van der Waals surface area contributed by atoms with E-state index in [1.165, 1.54) is 19.2 Å². The van der Waals surface area contributed by atoms with Crippen molar-refractivity contribution in [3.63, 3.8) is 0 Å². The molecule has 3 rings (SSSR count). The van der Waals surface area contributed by atoms with Crippen molar-refractivity contribution in [1.29, 1.82) is 0 Å². The molecule has 126 valence electrons. The fraction of sp³-hybridized carbons (Fsp3) is 0.105. The van der Waals surface area contributed by atoms with Crippen molar-refractivity contribution in [3.8, 4) is 0 Å². The van der Waals surface area contributed by atoms with E-state index in [1.54, 1.807) is 43.3 Å². The van der Waals surface area contributed by atoms with Gasteiger partial charge in [-0.05, 0) is 36.8 Å². The number of nitrogens with one attached hydrogen (secondary N) is 1. The van der Waals surface area contributed by atoms with Crippen LogP contribution in [-0.2, 0) is 4.74 Å². The SMILES string of the molecule is COC(=O)c1ccc(C)c(NC(=O)c2cc3ccccc3oc2=O)c1. The number of benzene rings is 2. The van der Waals surface area contributed by atoms with E-state index in [0.717, 1.165) is 5.56 Å². The van der Waals surface area contributed by atoms with Crippen LogP contribution in [0.25, 0.3) is 11.0 Å². The van der Waals surface area contributed by atoms with Crippen molar-refractivity contribution < 1.29 is 18.7 Å². The Morgan fingerprint density at radius 3 is 2.60 bits per heavy atom. The molecule has 0 atom stereocenters. The Morgan fingerprint density at radius 1 is 1.08 bits per heavy atom. The van der Waals surface area contributed by atoms with Gasteiger partial charge in [0.05, 0.1) is 12.7 Å². The highest BCUT2D eigenvalue weighted by molar-refractivity contribution is 6.06. The fourth-order valence-corrected chi connectivity index (χ4v) is 2.41. The van der Waals surface area contributed by atoms with E-state index >= 15 is 0 Å². The number of para-hydroxylation sites is 1. The first kappa shape index (κ1) is 16.4. The summed E-state index contributed by atoms with van der Waals surface area (Å²) in [5.74, 6) is -1.12. The Morgan fingerprint density at radius 2 is 1.84 bits per heavy atom. The smallest absolute Gasteiger partial charge is 0.349 e. The summed E-state index contributed by atoms with van der Waals surface area (Å²) in [6.07, 6.45) is 0. The van der Waals surface area contributed by atoms with Crippen LogP contribution < -0.4 is 10.9 Å². The van der Waals surface area contributed by atoms with Crippen molar-refractivity contribution in [1.82, 2.24) is 0 Å². The van der Waals surface area contributed by atoms with Gasteiger partial charge in [-0.3, -0.25) is 4.79 Å². The molecule has 3 aromatic rings. The minimum atomic E-state index is -0.724. The number of aryl methyl sites for hydroxylation is 1. The van der Waals surface area contributed by atoms with Crippen molar-refractivity contribution in [3.05, 3.63) is 75.6 Å². The molecule has 1 N–H and O–H groups in total. The van der Waals surface area contributed by atoms with Gasteiger partial charge in [-0.1, -0.05) is 24.3 Å². The van der Waals surface area contributed by atoms with Crippen LogP contribution in [0.4, 0.5) is 5.69 Å². The van der Waals surface area contributed by atoms with Gasteiger partial charge in [-0.15, -0.1) is 0 Å². The lowest BCUT2D eigenvalue weighted by atomic mass is 10.1. The molecule has 1 aromatic heterocycles. The molecule has 0 unspecified atom stereocenters. The van der Waals surface area contributed by atoms with Gasteiger partial charge in [0.1, 0.15) is 11.1 Å². The normalized spacial score (nSPS) is 10.5. The van der Waals surface area contributed by atoms with Crippen molar-refractivity contribution in [2.45, 2.75) is 6.92 Å². The van der Waals surface area contributed by atoms with Crippen LogP contribution in [0.5, 0.6) is 0 Å². The molecule has 0 aliphatic heterocycles. The van der Waals surface area contributed by atoms with Gasteiger partial charge in [0.15, 0.2) is 0 Å². The standard InChI is InChI=1S/C19H15NO5/c1-11-7-8-13(18(22)24-2)10-15(11)20-17(21)14-9-12-5-3-4-6-16(12)25-19(14)23/h3-10H,1-2H3,(H,20,21). The highest BCUT2D eigenvalue weighted by Gasteiger charge is 2.16. The lowest BCUT2D eigenvalue weighted by Crippen LogP contribution is -2.21. The maximum absolute atomic E-state index is 12.5. The molecular formula is C19H15NO5. The highest BCUT2D eigenvalue weighted by atomic mass is 16.5. The molecule has 2 aromatic carbocycles. The summed E-state index contributed by atoms with van der Waals surface area (Å²) in [5.41, 5.74) is 1.04. The molecule has 0 fully saturated rings. The number of methoxy groups -OCH3 is 1. The first-order valence-corrected chi connectivity index (χ1v) is 7.53. The topological polar surface area (TPSA) is 85.6 Å². The molecule has 0 bridgehead atoms. The third-order valence-corrected chi connectivity index (χ3v) is 3.79. The quantitative estimate of drug-likeness (QED) is 0.586. The lowest BCUT2D eigenvalue weighted by Gasteiger charge is -2.10. The maximum Gasteiger partial charge on any atom is 0.349 e.